The zero-order chi connectivity index (χ0) is 22.2. The lowest BCUT2D eigenvalue weighted by Gasteiger charge is -2.32. The fraction of sp³-hybridized carbons (Fsp3) is 0.125. The lowest BCUT2D eigenvalue weighted by atomic mass is 10.1. The molecule has 0 radical (unpaired) electrons. The van der Waals surface area contributed by atoms with Gasteiger partial charge in [0.25, 0.3) is 5.91 Å². The van der Waals surface area contributed by atoms with Crippen molar-refractivity contribution in [1.29, 1.82) is 0 Å². The largest absolute Gasteiger partial charge is 0.457 e. The zero-order valence-corrected chi connectivity index (χ0v) is 18.8. The topological polar surface area (TPSA) is 70.2 Å². The summed E-state index contributed by atoms with van der Waals surface area (Å²) in [6.07, 6.45) is 1.15. The van der Waals surface area contributed by atoms with E-state index in [9.17, 15) is 4.79 Å². The molecule has 1 atom stereocenters. The molecule has 1 aromatic heterocycles. The number of hydrogen-bond acceptors (Lipinski definition) is 6. The molecule has 2 aliphatic rings. The zero-order valence-electron chi connectivity index (χ0n) is 17.2. The van der Waals surface area contributed by atoms with Crippen LogP contribution in [0.25, 0.3) is 17.0 Å². The van der Waals surface area contributed by atoms with Crippen LogP contribution in [0.4, 0.5) is 0 Å². The molecule has 1 N–H and O–H groups in total. The molecule has 0 bridgehead atoms. The summed E-state index contributed by atoms with van der Waals surface area (Å²) in [5, 5.41) is 11.8. The highest BCUT2D eigenvalue weighted by Gasteiger charge is 2.35. The number of halogens is 1. The highest BCUT2D eigenvalue weighted by Crippen LogP contribution is 2.35. The predicted molar refractivity (Wildman–Crippen MR) is 127 cm³/mol. The van der Waals surface area contributed by atoms with Crippen molar-refractivity contribution in [3.05, 3.63) is 94.2 Å². The van der Waals surface area contributed by atoms with Crippen molar-refractivity contribution >= 4 is 40.1 Å². The minimum Gasteiger partial charge on any atom is -0.457 e. The van der Waals surface area contributed by atoms with Crippen LogP contribution in [0.1, 0.15) is 17.5 Å². The summed E-state index contributed by atoms with van der Waals surface area (Å²) in [5.74, 6) is 1.66. The smallest absolute Gasteiger partial charge is 0.276 e. The molecule has 1 amide bonds. The number of hydrazone groups is 1. The average molecular weight is 463 g/mol. The Morgan fingerprint density at radius 2 is 2.09 bits per heavy atom. The van der Waals surface area contributed by atoms with Gasteiger partial charge in [-0.15, -0.1) is 11.7 Å². The Kier molecular flexibility index (Phi) is 5.36. The molecule has 3 aromatic rings. The number of thioether (sulfide) groups is 1. The third-order valence-corrected chi connectivity index (χ3v) is 6.29. The molecule has 8 heteroatoms. The number of para-hydroxylation sites is 1. The second-order valence-electron chi connectivity index (χ2n) is 7.33. The SMILES string of the molecule is C=CCSC1=NN2C(=c3ccccc3=N[C@@H]2c2ccc(-c3cc(Cl)ccc3C)o2)C(=O)N1. The molecule has 6 nitrogen and oxygen atoms in total. The van der Waals surface area contributed by atoms with Gasteiger partial charge in [-0.05, 0) is 42.8 Å². The van der Waals surface area contributed by atoms with Gasteiger partial charge < -0.3 is 4.42 Å². The molecular formula is C24H19ClN4O2S. The second kappa shape index (κ2) is 8.33. The Morgan fingerprint density at radius 3 is 2.94 bits per heavy atom. The summed E-state index contributed by atoms with van der Waals surface area (Å²) in [6.45, 7) is 5.74. The maximum absolute atomic E-state index is 13.1. The van der Waals surface area contributed by atoms with E-state index in [1.54, 1.807) is 11.1 Å². The predicted octanol–water partition coefficient (Wildman–Crippen LogP) is 3.97. The molecule has 0 unspecified atom stereocenters. The standard InChI is InChI=1S/C24H19ClN4O2S/c1-3-12-32-24-27-23(30)21-16-6-4-5-7-18(16)26-22(29(21)28-24)20-11-10-19(31-20)17-13-15(25)9-8-14(17)2/h3-11,13,22H,1,12H2,2H3,(H,27,28,30)/t22-/m0/s1. The second-order valence-corrected chi connectivity index (χ2v) is 8.78. The van der Waals surface area contributed by atoms with Crippen LogP contribution in [0.3, 0.4) is 0 Å². The van der Waals surface area contributed by atoms with E-state index < -0.39 is 6.17 Å². The first-order chi connectivity index (χ1) is 15.5. The average Bonchev–Trinajstić information content (AvgIpc) is 3.28. The minimum absolute atomic E-state index is 0.226. The first-order valence-electron chi connectivity index (χ1n) is 10.0. The number of hydrogen-bond donors (Lipinski definition) is 1. The Balaban J connectivity index is 1.63. The van der Waals surface area contributed by atoms with E-state index in [1.807, 2.05) is 61.5 Å². The highest BCUT2D eigenvalue weighted by molar-refractivity contribution is 8.14. The van der Waals surface area contributed by atoms with Crippen LogP contribution < -0.4 is 15.9 Å². The van der Waals surface area contributed by atoms with E-state index in [1.165, 1.54) is 11.8 Å². The molecule has 0 saturated carbocycles. The molecule has 3 heterocycles. The number of aryl methyl sites for hydroxylation is 1. The molecule has 0 fully saturated rings. The van der Waals surface area contributed by atoms with Crippen molar-refractivity contribution in [3.63, 3.8) is 0 Å². The Bertz CT molecular complexity index is 1390. The molecule has 5 rings (SSSR count). The van der Waals surface area contributed by atoms with Gasteiger partial charge in [0.2, 0.25) is 6.17 Å². The summed E-state index contributed by atoms with van der Waals surface area (Å²) < 4.78 is 6.23. The number of carbonyl (C=O) groups is 1. The molecule has 160 valence electrons. The van der Waals surface area contributed by atoms with E-state index in [0.717, 1.165) is 16.3 Å². The number of nitrogens with one attached hydrogen (secondary N) is 1. The van der Waals surface area contributed by atoms with E-state index in [0.29, 0.717) is 38.5 Å². The van der Waals surface area contributed by atoms with Crippen LogP contribution in [0, 0.1) is 6.92 Å². The molecule has 0 spiro atoms. The molecule has 0 saturated heterocycles. The maximum Gasteiger partial charge on any atom is 0.276 e. The van der Waals surface area contributed by atoms with Crippen molar-refractivity contribution in [3.8, 4) is 11.3 Å². The fourth-order valence-electron chi connectivity index (χ4n) is 3.71. The van der Waals surface area contributed by atoms with Crippen LogP contribution in [-0.4, -0.2) is 21.8 Å². The Hall–Kier alpha value is -3.29. The quantitative estimate of drug-likeness (QED) is 0.595. The monoisotopic (exact) mass is 462 g/mol. The number of carbonyl (C=O) groups excluding carboxylic acids is 1. The van der Waals surface area contributed by atoms with Crippen molar-refractivity contribution in [2.75, 3.05) is 5.75 Å². The van der Waals surface area contributed by atoms with Gasteiger partial charge in [-0.1, -0.05) is 53.7 Å². The van der Waals surface area contributed by atoms with Crippen LogP contribution in [-0.2, 0) is 4.79 Å². The number of amides is 1. The van der Waals surface area contributed by atoms with E-state index in [2.05, 4.69) is 17.0 Å². The molecule has 2 aliphatic heterocycles. The van der Waals surface area contributed by atoms with Gasteiger partial charge >= 0.3 is 0 Å². The van der Waals surface area contributed by atoms with Gasteiger partial charge in [0.15, 0.2) is 10.9 Å². The first kappa shape index (κ1) is 20.6. The van der Waals surface area contributed by atoms with E-state index in [-0.39, 0.29) is 5.91 Å². The Morgan fingerprint density at radius 1 is 1.25 bits per heavy atom. The van der Waals surface area contributed by atoms with Gasteiger partial charge in [0.05, 0.1) is 5.36 Å². The highest BCUT2D eigenvalue weighted by atomic mass is 35.5. The number of amidine groups is 1. The lowest BCUT2D eigenvalue weighted by Crippen LogP contribution is -2.50. The minimum atomic E-state index is -0.612. The summed E-state index contributed by atoms with van der Waals surface area (Å²) in [6, 6.07) is 17.0. The number of rotatable bonds is 4. The summed E-state index contributed by atoms with van der Waals surface area (Å²) in [7, 11) is 0. The van der Waals surface area contributed by atoms with E-state index >= 15 is 0 Å². The van der Waals surface area contributed by atoms with Crippen molar-refractivity contribution in [2.45, 2.75) is 13.1 Å². The lowest BCUT2D eigenvalue weighted by molar-refractivity contribution is -0.116. The van der Waals surface area contributed by atoms with Crippen LogP contribution >= 0.6 is 23.4 Å². The van der Waals surface area contributed by atoms with Gasteiger partial charge in [0, 0.05) is 21.6 Å². The normalized spacial score (nSPS) is 17.1. The van der Waals surface area contributed by atoms with Crippen molar-refractivity contribution in [1.82, 2.24) is 10.3 Å². The van der Waals surface area contributed by atoms with Crippen molar-refractivity contribution < 1.29 is 9.21 Å². The summed E-state index contributed by atoms with van der Waals surface area (Å²) in [4.78, 5) is 17.9. The maximum atomic E-state index is 13.1. The molecule has 0 aliphatic carbocycles. The van der Waals surface area contributed by atoms with Crippen LogP contribution in [0.5, 0.6) is 0 Å². The Labute approximate surface area is 194 Å². The van der Waals surface area contributed by atoms with Crippen molar-refractivity contribution in [2.24, 2.45) is 10.1 Å². The summed E-state index contributed by atoms with van der Waals surface area (Å²) >= 11 is 7.60. The summed E-state index contributed by atoms with van der Waals surface area (Å²) in [5.41, 5.74) is 2.40. The number of nitrogens with zero attached hydrogens (tertiary/aromatic N) is 3. The van der Waals surface area contributed by atoms with Crippen LogP contribution in [0.15, 0.2) is 81.8 Å². The number of benzene rings is 2. The van der Waals surface area contributed by atoms with Gasteiger partial charge in [-0.25, -0.2) is 10.0 Å². The molecular weight excluding hydrogens is 444 g/mol. The van der Waals surface area contributed by atoms with Gasteiger partial charge in [-0.3, -0.25) is 10.1 Å². The van der Waals surface area contributed by atoms with Crippen LogP contribution in [0.2, 0.25) is 5.02 Å². The first-order valence-corrected chi connectivity index (χ1v) is 11.4. The molecule has 2 aromatic carbocycles. The molecule has 32 heavy (non-hydrogen) atoms. The van der Waals surface area contributed by atoms with Gasteiger partial charge in [0.1, 0.15) is 11.5 Å². The third-order valence-electron chi connectivity index (χ3n) is 5.20. The third kappa shape index (κ3) is 3.63. The number of furan rings is 1. The number of fused-ring (bicyclic) bond motifs is 2. The fourth-order valence-corrected chi connectivity index (χ4v) is 4.47. The van der Waals surface area contributed by atoms with Gasteiger partial charge in [-0.2, -0.15) is 0 Å². The van der Waals surface area contributed by atoms with E-state index in [4.69, 9.17) is 21.0 Å².